The molecule has 1 aliphatic heterocycles. The summed E-state index contributed by atoms with van der Waals surface area (Å²) in [6.45, 7) is 4.11. The predicted molar refractivity (Wildman–Crippen MR) is 73.3 cm³/mol. The van der Waals surface area contributed by atoms with Crippen molar-refractivity contribution in [2.45, 2.75) is 25.9 Å². The highest BCUT2D eigenvalue weighted by Crippen LogP contribution is 2.21. The molecule has 2 atom stereocenters. The number of nitrogens with one attached hydrogen (secondary N) is 1. The molecular formula is C15H18N2O2. The van der Waals surface area contributed by atoms with Gasteiger partial charge in [0.2, 0.25) is 5.91 Å². The minimum atomic E-state index is -0.574. The van der Waals surface area contributed by atoms with E-state index in [1.807, 2.05) is 49.4 Å². The molecule has 1 fully saturated rings. The molecule has 2 unspecified atom stereocenters. The molecule has 1 saturated heterocycles. The Labute approximate surface area is 113 Å². The fourth-order valence-corrected chi connectivity index (χ4v) is 2.16. The van der Waals surface area contributed by atoms with Gasteiger partial charge in [-0.3, -0.25) is 9.59 Å². The summed E-state index contributed by atoms with van der Waals surface area (Å²) in [6, 6.07) is 8.32. The summed E-state index contributed by atoms with van der Waals surface area (Å²) >= 11 is 0. The van der Waals surface area contributed by atoms with Gasteiger partial charge in [-0.25, -0.2) is 0 Å². The largest absolute Gasteiger partial charge is 0.339 e. The summed E-state index contributed by atoms with van der Waals surface area (Å²) < 4.78 is 0. The predicted octanol–water partition coefficient (Wildman–Crippen LogP) is 1.65. The Hall–Kier alpha value is -2.10. The van der Waals surface area contributed by atoms with Gasteiger partial charge < -0.3 is 10.2 Å². The standard InChI is InChI=1S/C15H18N2O2/c1-3-4-10-17-11(2)14(18)16-13(15(17)19)12-8-6-5-7-9-12/h3-9,11,13H,10H2,1-2H3,(H,16,18)/b4-3+. The van der Waals surface area contributed by atoms with Gasteiger partial charge in [0.1, 0.15) is 12.1 Å². The third-order valence-corrected chi connectivity index (χ3v) is 3.33. The van der Waals surface area contributed by atoms with E-state index in [4.69, 9.17) is 0 Å². The SMILES string of the molecule is C/C=C/CN1C(=O)C(c2ccccc2)NC(=O)C1C. The lowest BCUT2D eigenvalue weighted by Gasteiger charge is -2.37. The molecular weight excluding hydrogens is 240 g/mol. The molecule has 0 spiro atoms. The Kier molecular flexibility index (Phi) is 4.00. The fourth-order valence-electron chi connectivity index (χ4n) is 2.16. The summed E-state index contributed by atoms with van der Waals surface area (Å²) in [5, 5.41) is 2.78. The Morgan fingerprint density at radius 1 is 1.26 bits per heavy atom. The van der Waals surface area contributed by atoms with Crippen molar-refractivity contribution in [3.05, 3.63) is 48.0 Å². The molecule has 4 heteroatoms. The van der Waals surface area contributed by atoms with Crippen molar-refractivity contribution in [3.8, 4) is 0 Å². The maximum atomic E-state index is 12.5. The number of allylic oxidation sites excluding steroid dienone is 1. The summed E-state index contributed by atoms with van der Waals surface area (Å²) in [4.78, 5) is 26.0. The van der Waals surface area contributed by atoms with Crippen molar-refractivity contribution >= 4 is 11.8 Å². The van der Waals surface area contributed by atoms with Crippen LogP contribution in [0.3, 0.4) is 0 Å². The molecule has 0 bridgehead atoms. The van der Waals surface area contributed by atoms with E-state index in [2.05, 4.69) is 5.32 Å². The summed E-state index contributed by atoms with van der Waals surface area (Å²) in [7, 11) is 0. The van der Waals surface area contributed by atoms with Gasteiger partial charge in [-0.05, 0) is 19.4 Å². The number of hydrogen-bond acceptors (Lipinski definition) is 2. The monoisotopic (exact) mass is 258 g/mol. The second-order valence-corrected chi connectivity index (χ2v) is 4.59. The molecule has 100 valence electrons. The fraction of sp³-hybridized carbons (Fsp3) is 0.333. The van der Waals surface area contributed by atoms with Crippen molar-refractivity contribution in [1.82, 2.24) is 10.2 Å². The van der Waals surface area contributed by atoms with E-state index in [1.54, 1.807) is 11.8 Å². The number of rotatable bonds is 3. The Morgan fingerprint density at radius 3 is 2.58 bits per heavy atom. The Bertz CT molecular complexity index is 496. The van der Waals surface area contributed by atoms with Gasteiger partial charge in [0.25, 0.3) is 5.91 Å². The van der Waals surface area contributed by atoms with Crippen molar-refractivity contribution in [3.63, 3.8) is 0 Å². The molecule has 0 radical (unpaired) electrons. The second-order valence-electron chi connectivity index (χ2n) is 4.59. The topological polar surface area (TPSA) is 49.4 Å². The molecule has 0 aromatic heterocycles. The second kappa shape index (κ2) is 5.69. The molecule has 1 N–H and O–H groups in total. The van der Waals surface area contributed by atoms with Crippen molar-refractivity contribution in [2.24, 2.45) is 0 Å². The van der Waals surface area contributed by atoms with Crippen LogP contribution >= 0.6 is 0 Å². The maximum Gasteiger partial charge on any atom is 0.250 e. The molecule has 19 heavy (non-hydrogen) atoms. The Balaban J connectivity index is 2.27. The number of carbonyl (C=O) groups is 2. The lowest BCUT2D eigenvalue weighted by molar-refractivity contribution is -0.148. The molecule has 0 saturated carbocycles. The van der Waals surface area contributed by atoms with E-state index in [0.717, 1.165) is 5.56 Å². The van der Waals surface area contributed by atoms with E-state index in [-0.39, 0.29) is 11.8 Å². The molecule has 2 rings (SSSR count). The van der Waals surface area contributed by atoms with E-state index in [9.17, 15) is 9.59 Å². The van der Waals surface area contributed by atoms with Crippen LogP contribution in [0.15, 0.2) is 42.5 Å². The quantitative estimate of drug-likeness (QED) is 0.838. The van der Waals surface area contributed by atoms with Crippen molar-refractivity contribution in [1.29, 1.82) is 0 Å². The van der Waals surface area contributed by atoms with Crippen LogP contribution in [0.25, 0.3) is 0 Å². The van der Waals surface area contributed by atoms with Crippen LogP contribution in [0.4, 0.5) is 0 Å². The highest BCUT2D eigenvalue weighted by Gasteiger charge is 2.37. The summed E-state index contributed by atoms with van der Waals surface area (Å²) in [5.41, 5.74) is 0.818. The van der Waals surface area contributed by atoms with Crippen LogP contribution in [0.1, 0.15) is 25.5 Å². The average Bonchev–Trinajstić information content (AvgIpc) is 2.44. The maximum absolute atomic E-state index is 12.5. The van der Waals surface area contributed by atoms with E-state index in [1.165, 1.54) is 0 Å². The van der Waals surface area contributed by atoms with Crippen LogP contribution in [-0.4, -0.2) is 29.3 Å². The third kappa shape index (κ3) is 2.67. The molecule has 1 aromatic rings. The zero-order valence-electron chi connectivity index (χ0n) is 11.2. The minimum absolute atomic E-state index is 0.0589. The van der Waals surface area contributed by atoms with Gasteiger partial charge in [-0.15, -0.1) is 0 Å². The highest BCUT2D eigenvalue weighted by atomic mass is 16.2. The van der Waals surface area contributed by atoms with E-state index in [0.29, 0.717) is 6.54 Å². The van der Waals surface area contributed by atoms with Gasteiger partial charge in [0.05, 0.1) is 0 Å². The van der Waals surface area contributed by atoms with Crippen LogP contribution in [-0.2, 0) is 9.59 Å². The number of amides is 2. The van der Waals surface area contributed by atoms with Crippen molar-refractivity contribution < 1.29 is 9.59 Å². The van der Waals surface area contributed by atoms with Gasteiger partial charge in [0, 0.05) is 6.54 Å². The van der Waals surface area contributed by atoms with Crippen LogP contribution in [0.2, 0.25) is 0 Å². The van der Waals surface area contributed by atoms with Gasteiger partial charge in [0.15, 0.2) is 0 Å². The van der Waals surface area contributed by atoms with E-state index >= 15 is 0 Å². The normalized spacial score (nSPS) is 23.8. The molecule has 4 nitrogen and oxygen atoms in total. The van der Waals surface area contributed by atoms with Crippen LogP contribution in [0.5, 0.6) is 0 Å². The average molecular weight is 258 g/mol. The lowest BCUT2D eigenvalue weighted by atomic mass is 10.0. The summed E-state index contributed by atoms with van der Waals surface area (Å²) in [6.07, 6.45) is 3.76. The third-order valence-electron chi connectivity index (χ3n) is 3.33. The van der Waals surface area contributed by atoms with Gasteiger partial charge in [-0.1, -0.05) is 42.5 Å². The number of carbonyl (C=O) groups excluding carboxylic acids is 2. The summed E-state index contributed by atoms with van der Waals surface area (Å²) in [5.74, 6) is -0.172. The van der Waals surface area contributed by atoms with Crippen LogP contribution in [0, 0.1) is 0 Å². The van der Waals surface area contributed by atoms with Gasteiger partial charge >= 0.3 is 0 Å². The molecule has 1 aromatic carbocycles. The molecule has 0 aliphatic carbocycles. The first-order valence-corrected chi connectivity index (χ1v) is 6.42. The van der Waals surface area contributed by atoms with Crippen molar-refractivity contribution in [2.75, 3.05) is 6.54 Å². The first kappa shape index (κ1) is 13.3. The molecule has 1 heterocycles. The zero-order chi connectivity index (χ0) is 13.8. The highest BCUT2D eigenvalue weighted by molar-refractivity contribution is 5.97. The Morgan fingerprint density at radius 2 is 1.95 bits per heavy atom. The molecule has 2 amide bonds. The number of hydrogen-bond donors (Lipinski definition) is 1. The zero-order valence-corrected chi connectivity index (χ0v) is 11.2. The number of benzene rings is 1. The van der Waals surface area contributed by atoms with Gasteiger partial charge in [-0.2, -0.15) is 0 Å². The first-order valence-electron chi connectivity index (χ1n) is 6.42. The smallest absolute Gasteiger partial charge is 0.250 e. The first-order chi connectivity index (χ1) is 9.15. The lowest BCUT2D eigenvalue weighted by Crippen LogP contribution is -2.58. The molecule has 1 aliphatic rings. The van der Waals surface area contributed by atoms with E-state index < -0.39 is 12.1 Å². The number of piperazine rings is 1. The number of nitrogens with zero attached hydrogens (tertiary/aromatic N) is 1. The van der Waals surface area contributed by atoms with Crippen LogP contribution < -0.4 is 5.32 Å². The minimum Gasteiger partial charge on any atom is -0.339 e.